The third kappa shape index (κ3) is 2.01. The Morgan fingerprint density at radius 2 is 1.89 bits per heavy atom. The SMILES string of the molecule is Nc1ccccc1Oc1ncnc2c1CCCC2. The molecule has 1 aliphatic rings. The molecule has 1 aliphatic carbocycles. The van der Waals surface area contributed by atoms with Gasteiger partial charge in [-0.15, -0.1) is 0 Å². The molecule has 1 aromatic heterocycles. The Kier molecular flexibility index (Phi) is 2.84. The summed E-state index contributed by atoms with van der Waals surface area (Å²) in [4.78, 5) is 8.56. The Labute approximate surface area is 106 Å². The molecule has 0 saturated carbocycles. The first-order valence-corrected chi connectivity index (χ1v) is 6.19. The summed E-state index contributed by atoms with van der Waals surface area (Å²) in [6.07, 6.45) is 5.92. The van der Waals surface area contributed by atoms with Crippen LogP contribution in [0, 0.1) is 0 Å². The standard InChI is InChI=1S/C14H15N3O/c15-11-6-2-4-8-13(11)18-14-10-5-1-3-7-12(10)16-9-17-14/h2,4,6,8-9H,1,3,5,7,15H2. The van der Waals surface area contributed by atoms with Crippen LogP contribution in [0.25, 0.3) is 0 Å². The molecular formula is C14H15N3O. The summed E-state index contributed by atoms with van der Waals surface area (Å²) in [5.41, 5.74) is 8.74. The van der Waals surface area contributed by atoms with E-state index in [0.717, 1.165) is 24.1 Å². The minimum atomic E-state index is 0.626. The number of nitrogens with zero attached hydrogens (tertiary/aromatic N) is 2. The Bertz CT molecular complexity index is 569. The smallest absolute Gasteiger partial charge is 0.225 e. The van der Waals surface area contributed by atoms with Gasteiger partial charge in [0.2, 0.25) is 5.88 Å². The quantitative estimate of drug-likeness (QED) is 0.821. The number of aromatic nitrogens is 2. The number of para-hydroxylation sites is 2. The first-order valence-electron chi connectivity index (χ1n) is 6.19. The maximum absolute atomic E-state index is 5.88. The number of rotatable bonds is 2. The number of benzene rings is 1. The number of nitrogen functional groups attached to an aromatic ring is 1. The molecule has 4 heteroatoms. The maximum atomic E-state index is 5.88. The van der Waals surface area contributed by atoms with Gasteiger partial charge in [-0.25, -0.2) is 9.97 Å². The highest BCUT2D eigenvalue weighted by atomic mass is 16.5. The topological polar surface area (TPSA) is 61.0 Å². The van der Waals surface area contributed by atoms with Gasteiger partial charge in [0.05, 0.1) is 11.4 Å². The van der Waals surface area contributed by atoms with Gasteiger partial charge in [0.15, 0.2) is 5.75 Å². The molecule has 0 bridgehead atoms. The monoisotopic (exact) mass is 241 g/mol. The zero-order valence-electron chi connectivity index (χ0n) is 10.1. The molecule has 0 saturated heterocycles. The zero-order chi connectivity index (χ0) is 12.4. The van der Waals surface area contributed by atoms with Crippen molar-refractivity contribution in [2.45, 2.75) is 25.7 Å². The second kappa shape index (κ2) is 4.64. The van der Waals surface area contributed by atoms with Crippen LogP contribution in [0.4, 0.5) is 5.69 Å². The van der Waals surface area contributed by atoms with Gasteiger partial charge in [-0.3, -0.25) is 0 Å². The molecule has 2 aromatic rings. The highest BCUT2D eigenvalue weighted by Crippen LogP contribution is 2.31. The van der Waals surface area contributed by atoms with Crippen LogP contribution in [0.15, 0.2) is 30.6 Å². The van der Waals surface area contributed by atoms with E-state index in [-0.39, 0.29) is 0 Å². The van der Waals surface area contributed by atoms with Crippen molar-refractivity contribution in [1.29, 1.82) is 0 Å². The molecule has 0 atom stereocenters. The van der Waals surface area contributed by atoms with E-state index in [1.54, 1.807) is 6.33 Å². The van der Waals surface area contributed by atoms with Crippen LogP contribution in [-0.2, 0) is 12.8 Å². The van der Waals surface area contributed by atoms with Crippen molar-refractivity contribution in [3.05, 3.63) is 41.9 Å². The normalized spacial score (nSPS) is 14.0. The molecule has 2 N–H and O–H groups in total. The first-order chi connectivity index (χ1) is 8.84. The molecule has 1 aromatic carbocycles. The predicted molar refractivity (Wildman–Crippen MR) is 69.6 cm³/mol. The van der Waals surface area contributed by atoms with Crippen molar-refractivity contribution in [2.75, 3.05) is 5.73 Å². The van der Waals surface area contributed by atoms with Gasteiger partial charge in [-0.05, 0) is 37.8 Å². The van der Waals surface area contributed by atoms with E-state index in [0.29, 0.717) is 17.3 Å². The maximum Gasteiger partial charge on any atom is 0.225 e. The Hall–Kier alpha value is -2.10. The molecule has 0 unspecified atom stereocenters. The van der Waals surface area contributed by atoms with Crippen LogP contribution >= 0.6 is 0 Å². The molecule has 3 rings (SSSR count). The second-order valence-electron chi connectivity index (χ2n) is 4.45. The van der Waals surface area contributed by atoms with Gasteiger partial charge >= 0.3 is 0 Å². The Balaban J connectivity index is 1.96. The van der Waals surface area contributed by atoms with E-state index in [1.807, 2.05) is 24.3 Å². The number of fused-ring (bicyclic) bond motifs is 1. The second-order valence-corrected chi connectivity index (χ2v) is 4.45. The van der Waals surface area contributed by atoms with E-state index in [2.05, 4.69) is 9.97 Å². The molecule has 0 spiro atoms. The van der Waals surface area contributed by atoms with E-state index in [9.17, 15) is 0 Å². The number of anilines is 1. The highest BCUT2D eigenvalue weighted by Gasteiger charge is 2.17. The van der Waals surface area contributed by atoms with Crippen LogP contribution in [0.1, 0.15) is 24.1 Å². The fraction of sp³-hybridized carbons (Fsp3) is 0.286. The van der Waals surface area contributed by atoms with E-state index < -0.39 is 0 Å². The van der Waals surface area contributed by atoms with Gasteiger partial charge < -0.3 is 10.5 Å². The summed E-state index contributed by atoms with van der Waals surface area (Å²) < 4.78 is 5.83. The summed E-state index contributed by atoms with van der Waals surface area (Å²) in [5.74, 6) is 1.31. The predicted octanol–water partition coefficient (Wildman–Crippen LogP) is 2.73. The average molecular weight is 241 g/mol. The average Bonchev–Trinajstić information content (AvgIpc) is 2.42. The summed E-state index contributed by atoms with van der Waals surface area (Å²) >= 11 is 0. The Morgan fingerprint density at radius 1 is 1.06 bits per heavy atom. The lowest BCUT2D eigenvalue weighted by Gasteiger charge is -2.17. The molecule has 0 fully saturated rings. The van der Waals surface area contributed by atoms with Crippen molar-refractivity contribution in [1.82, 2.24) is 9.97 Å². The van der Waals surface area contributed by atoms with Gasteiger partial charge in [0.1, 0.15) is 6.33 Å². The third-order valence-electron chi connectivity index (χ3n) is 3.21. The van der Waals surface area contributed by atoms with Crippen LogP contribution in [0.2, 0.25) is 0 Å². The summed E-state index contributed by atoms with van der Waals surface area (Å²) in [7, 11) is 0. The van der Waals surface area contributed by atoms with Crippen molar-refractivity contribution in [2.24, 2.45) is 0 Å². The fourth-order valence-corrected chi connectivity index (χ4v) is 2.26. The van der Waals surface area contributed by atoms with Gasteiger partial charge in [-0.2, -0.15) is 0 Å². The van der Waals surface area contributed by atoms with Gasteiger partial charge in [-0.1, -0.05) is 12.1 Å². The van der Waals surface area contributed by atoms with Gasteiger partial charge in [0, 0.05) is 5.56 Å². The van der Waals surface area contributed by atoms with E-state index in [1.165, 1.54) is 12.8 Å². The highest BCUT2D eigenvalue weighted by molar-refractivity contribution is 5.53. The minimum absolute atomic E-state index is 0.626. The lowest BCUT2D eigenvalue weighted by atomic mass is 9.97. The van der Waals surface area contributed by atoms with Crippen molar-refractivity contribution in [3.63, 3.8) is 0 Å². The largest absolute Gasteiger partial charge is 0.436 e. The molecular weight excluding hydrogens is 226 g/mol. The summed E-state index contributed by atoms with van der Waals surface area (Å²) in [5, 5.41) is 0. The molecule has 1 heterocycles. The van der Waals surface area contributed by atoms with Crippen molar-refractivity contribution in [3.8, 4) is 11.6 Å². The Morgan fingerprint density at radius 3 is 2.78 bits per heavy atom. The summed E-state index contributed by atoms with van der Waals surface area (Å²) in [6.45, 7) is 0. The lowest BCUT2D eigenvalue weighted by Crippen LogP contribution is -2.08. The molecule has 92 valence electrons. The van der Waals surface area contributed by atoms with Crippen molar-refractivity contribution >= 4 is 5.69 Å². The van der Waals surface area contributed by atoms with Crippen molar-refractivity contribution < 1.29 is 4.74 Å². The number of hydrogen-bond acceptors (Lipinski definition) is 4. The van der Waals surface area contributed by atoms with Gasteiger partial charge in [0.25, 0.3) is 0 Å². The van der Waals surface area contributed by atoms with E-state index in [4.69, 9.17) is 10.5 Å². The number of aryl methyl sites for hydroxylation is 1. The van der Waals surface area contributed by atoms with Crippen LogP contribution in [0.5, 0.6) is 11.6 Å². The molecule has 4 nitrogen and oxygen atoms in total. The summed E-state index contributed by atoms with van der Waals surface area (Å²) in [6, 6.07) is 7.46. The number of nitrogens with two attached hydrogens (primary N) is 1. The van der Waals surface area contributed by atoms with Crippen LogP contribution < -0.4 is 10.5 Å². The van der Waals surface area contributed by atoms with Crippen LogP contribution in [0.3, 0.4) is 0 Å². The van der Waals surface area contributed by atoms with Crippen LogP contribution in [-0.4, -0.2) is 9.97 Å². The minimum Gasteiger partial charge on any atom is -0.436 e. The third-order valence-corrected chi connectivity index (χ3v) is 3.21. The first kappa shape index (κ1) is 11.0. The molecule has 0 amide bonds. The lowest BCUT2D eigenvalue weighted by molar-refractivity contribution is 0.449. The molecule has 18 heavy (non-hydrogen) atoms. The van der Waals surface area contributed by atoms with E-state index >= 15 is 0 Å². The number of ether oxygens (including phenoxy) is 1. The number of hydrogen-bond donors (Lipinski definition) is 1. The molecule has 0 radical (unpaired) electrons. The zero-order valence-corrected chi connectivity index (χ0v) is 10.1. The molecule has 0 aliphatic heterocycles. The fourth-order valence-electron chi connectivity index (χ4n) is 2.26.